The van der Waals surface area contributed by atoms with E-state index in [0.717, 1.165) is 25.7 Å². The van der Waals surface area contributed by atoms with Gasteiger partial charge in [-0.3, -0.25) is 0 Å². The molecule has 0 N–H and O–H groups in total. The third-order valence-electron chi connectivity index (χ3n) is 3.54. The molecule has 2 aliphatic carbocycles. The number of rotatable bonds is 3. The van der Waals surface area contributed by atoms with Crippen LogP contribution in [0.5, 0.6) is 0 Å². The van der Waals surface area contributed by atoms with Crippen LogP contribution in [-0.4, -0.2) is 8.41 Å². The zero-order valence-corrected chi connectivity index (χ0v) is 15.8. The Hall–Kier alpha value is 2.28. The van der Waals surface area contributed by atoms with Gasteiger partial charge in [0.05, 0.1) is 8.41 Å². The third-order valence-corrected chi connectivity index (χ3v) is 8.97. The molecule has 2 aliphatic rings. The summed E-state index contributed by atoms with van der Waals surface area (Å²) in [6, 6.07) is 0. The SMILES string of the molecule is ClC1(SSC2(Cl)CCCCC2)CCCCC1.[H-].[Na+]. The van der Waals surface area contributed by atoms with E-state index in [0.29, 0.717) is 0 Å². The first-order valence-corrected chi connectivity index (χ1v) is 9.27. The third kappa shape index (κ3) is 5.65. The molecule has 0 aromatic heterocycles. The van der Waals surface area contributed by atoms with Crippen LogP contribution in [0.1, 0.15) is 65.6 Å². The van der Waals surface area contributed by atoms with Crippen LogP contribution in [0.2, 0.25) is 0 Å². The molecular formula is C12H21Cl2NaS2. The molecule has 0 spiro atoms. The minimum absolute atomic E-state index is 0. The Kier molecular flexibility index (Phi) is 8.06. The van der Waals surface area contributed by atoms with Crippen LogP contribution < -0.4 is 29.6 Å². The molecule has 5 heteroatoms. The van der Waals surface area contributed by atoms with Crippen LogP contribution in [0.3, 0.4) is 0 Å². The van der Waals surface area contributed by atoms with Crippen molar-refractivity contribution in [2.24, 2.45) is 0 Å². The number of hydrogen-bond acceptors (Lipinski definition) is 2. The van der Waals surface area contributed by atoms with E-state index < -0.39 is 0 Å². The van der Waals surface area contributed by atoms with Gasteiger partial charge >= 0.3 is 29.6 Å². The Balaban J connectivity index is 0.00000144. The predicted molar refractivity (Wildman–Crippen MR) is 79.6 cm³/mol. The van der Waals surface area contributed by atoms with Crippen molar-refractivity contribution in [1.29, 1.82) is 0 Å². The maximum atomic E-state index is 6.64. The fourth-order valence-electron chi connectivity index (χ4n) is 2.48. The second-order valence-electron chi connectivity index (χ2n) is 5.05. The van der Waals surface area contributed by atoms with Gasteiger partial charge < -0.3 is 1.43 Å². The van der Waals surface area contributed by atoms with E-state index in [1.165, 1.54) is 38.5 Å². The van der Waals surface area contributed by atoms with Crippen LogP contribution in [-0.2, 0) is 0 Å². The summed E-state index contributed by atoms with van der Waals surface area (Å²) in [5, 5.41) is 0. The van der Waals surface area contributed by atoms with E-state index in [9.17, 15) is 0 Å². The second-order valence-corrected chi connectivity index (χ2v) is 9.85. The van der Waals surface area contributed by atoms with Crippen molar-refractivity contribution in [2.75, 3.05) is 0 Å². The molecule has 0 amide bonds. The first kappa shape index (κ1) is 17.3. The Morgan fingerprint density at radius 1 is 0.647 bits per heavy atom. The Labute approximate surface area is 147 Å². The van der Waals surface area contributed by atoms with E-state index in [1.54, 1.807) is 0 Å². The molecule has 0 bridgehead atoms. The summed E-state index contributed by atoms with van der Waals surface area (Å²) in [6.07, 6.45) is 12.4. The smallest absolute Gasteiger partial charge is 1.00 e. The van der Waals surface area contributed by atoms with Crippen molar-refractivity contribution in [2.45, 2.75) is 72.6 Å². The topological polar surface area (TPSA) is 0 Å². The summed E-state index contributed by atoms with van der Waals surface area (Å²) in [7, 11) is 3.71. The van der Waals surface area contributed by atoms with Crippen molar-refractivity contribution >= 4 is 44.8 Å². The van der Waals surface area contributed by atoms with Gasteiger partial charge in [-0.05, 0) is 25.7 Å². The molecular weight excluding hydrogens is 302 g/mol. The molecule has 17 heavy (non-hydrogen) atoms. The zero-order chi connectivity index (χ0) is 11.5. The number of halogens is 2. The van der Waals surface area contributed by atoms with Crippen molar-refractivity contribution in [3.63, 3.8) is 0 Å². The van der Waals surface area contributed by atoms with E-state index in [4.69, 9.17) is 23.2 Å². The van der Waals surface area contributed by atoms with Crippen LogP contribution >= 0.6 is 44.8 Å². The van der Waals surface area contributed by atoms with E-state index >= 15 is 0 Å². The number of alkyl halides is 2. The Morgan fingerprint density at radius 2 is 0.941 bits per heavy atom. The summed E-state index contributed by atoms with van der Waals surface area (Å²) in [5.74, 6) is 0. The van der Waals surface area contributed by atoms with Gasteiger partial charge in [0.15, 0.2) is 0 Å². The van der Waals surface area contributed by atoms with Gasteiger partial charge in [0, 0.05) is 0 Å². The largest absolute Gasteiger partial charge is 1.00 e. The Bertz CT molecular complexity index is 208. The monoisotopic (exact) mass is 322 g/mol. The Morgan fingerprint density at radius 3 is 1.24 bits per heavy atom. The van der Waals surface area contributed by atoms with E-state index in [2.05, 4.69) is 0 Å². The summed E-state index contributed by atoms with van der Waals surface area (Å²) in [6.45, 7) is 0. The summed E-state index contributed by atoms with van der Waals surface area (Å²) < 4.78 is -0.0511. The van der Waals surface area contributed by atoms with Gasteiger partial charge in [0.25, 0.3) is 0 Å². The first-order valence-electron chi connectivity index (χ1n) is 6.37. The molecule has 0 aromatic carbocycles. The van der Waals surface area contributed by atoms with Crippen LogP contribution in [0.4, 0.5) is 0 Å². The molecule has 0 aromatic rings. The van der Waals surface area contributed by atoms with Gasteiger partial charge in [-0.1, -0.05) is 60.1 Å². The van der Waals surface area contributed by atoms with Gasteiger partial charge in [0.1, 0.15) is 0 Å². The molecule has 2 saturated carbocycles. The zero-order valence-electron chi connectivity index (χ0n) is 11.6. The fraction of sp³-hybridized carbons (Fsp3) is 1.00. The maximum Gasteiger partial charge on any atom is 1.00 e. The molecule has 0 unspecified atom stereocenters. The van der Waals surface area contributed by atoms with Crippen molar-refractivity contribution in [3.05, 3.63) is 0 Å². The maximum absolute atomic E-state index is 6.64. The molecule has 2 fully saturated rings. The van der Waals surface area contributed by atoms with Gasteiger partial charge in [-0.15, -0.1) is 23.2 Å². The minimum atomic E-state index is -0.0255. The fourth-order valence-corrected chi connectivity index (χ4v) is 6.68. The summed E-state index contributed by atoms with van der Waals surface area (Å²) in [4.78, 5) is 0. The van der Waals surface area contributed by atoms with Crippen LogP contribution in [0.15, 0.2) is 0 Å². The minimum Gasteiger partial charge on any atom is -1.00 e. The van der Waals surface area contributed by atoms with E-state index in [1.807, 2.05) is 21.6 Å². The van der Waals surface area contributed by atoms with Crippen LogP contribution in [0, 0.1) is 0 Å². The van der Waals surface area contributed by atoms with Crippen LogP contribution in [0.25, 0.3) is 0 Å². The predicted octanol–water partition coefficient (Wildman–Crippen LogP) is 3.28. The second kappa shape index (κ2) is 7.90. The van der Waals surface area contributed by atoms with E-state index in [-0.39, 0.29) is 39.4 Å². The molecule has 0 aliphatic heterocycles. The van der Waals surface area contributed by atoms with Gasteiger partial charge in [-0.25, -0.2) is 0 Å². The number of hydrogen-bond donors (Lipinski definition) is 0. The molecule has 0 atom stereocenters. The molecule has 0 saturated heterocycles. The van der Waals surface area contributed by atoms with Gasteiger partial charge in [-0.2, -0.15) is 0 Å². The average Bonchev–Trinajstić information content (AvgIpc) is 2.29. The molecule has 0 heterocycles. The first-order chi connectivity index (χ1) is 7.62. The van der Waals surface area contributed by atoms with Crippen molar-refractivity contribution in [3.8, 4) is 0 Å². The average molecular weight is 323 g/mol. The summed E-state index contributed by atoms with van der Waals surface area (Å²) >= 11 is 13.3. The molecule has 96 valence electrons. The molecule has 0 radical (unpaired) electrons. The quantitative estimate of drug-likeness (QED) is 0.444. The van der Waals surface area contributed by atoms with Crippen molar-refractivity contribution in [1.82, 2.24) is 0 Å². The normalized spacial score (nSPS) is 27.2. The standard InChI is InChI=1S/C12H20Cl2S2.Na.H/c13-11(7-3-1-4-8-11)15-16-12(14)9-5-2-6-10-12;;/h1-10H2;;/q;+1;-1. The van der Waals surface area contributed by atoms with Crippen molar-refractivity contribution < 1.29 is 31.0 Å². The molecule has 2 rings (SSSR count). The summed E-state index contributed by atoms with van der Waals surface area (Å²) in [5.41, 5.74) is 0. The molecule has 0 nitrogen and oxygen atoms in total. The van der Waals surface area contributed by atoms with Gasteiger partial charge in [0.2, 0.25) is 0 Å².